The fraction of sp³-hybridized carbons (Fsp3) is 0.538. The quantitative estimate of drug-likeness (QED) is 0.767. The van der Waals surface area contributed by atoms with Crippen LogP contribution in [0.4, 0.5) is 0 Å². The van der Waals surface area contributed by atoms with Gasteiger partial charge in [-0.05, 0) is 50.0 Å². The Hall–Kier alpha value is -1.06. The van der Waals surface area contributed by atoms with Gasteiger partial charge in [-0.1, -0.05) is 12.1 Å². The molecule has 88 valence electrons. The summed E-state index contributed by atoms with van der Waals surface area (Å²) < 4.78 is 0. The second kappa shape index (κ2) is 5.32. The normalized spacial score (nSPS) is 15.6. The largest absolute Gasteiger partial charge is 0.508 e. The van der Waals surface area contributed by atoms with Crippen molar-refractivity contribution < 1.29 is 5.11 Å². The van der Waals surface area contributed by atoms with E-state index in [9.17, 15) is 5.11 Å². The van der Waals surface area contributed by atoms with Crippen LogP contribution in [0.15, 0.2) is 24.3 Å². The number of hydrogen-bond donors (Lipinski definition) is 2. The molecule has 3 heteroatoms. The fourth-order valence-corrected chi connectivity index (χ4v) is 1.96. The number of benzene rings is 1. The number of nitrogens with zero attached hydrogens (tertiary/aromatic N) is 1. The van der Waals surface area contributed by atoms with Crippen molar-refractivity contribution in [3.8, 4) is 5.75 Å². The third-order valence-electron chi connectivity index (χ3n) is 3.03. The van der Waals surface area contributed by atoms with E-state index in [2.05, 4.69) is 4.90 Å². The summed E-state index contributed by atoms with van der Waals surface area (Å²) in [7, 11) is 0. The Kier molecular flexibility index (Phi) is 3.80. The van der Waals surface area contributed by atoms with E-state index in [1.807, 2.05) is 12.1 Å². The molecule has 1 fully saturated rings. The molecule has 3 nitrogen and oxygen atoms in total. The monoisotopic (exact) mass is 220 g/mol. The average Bonchev–Trinajstić information content (AvgIpc) is 3.11. The highest BCUT2D eigenvalue weighted by Crippen LogP contribution is 2.28. The van der Waals surface area contributed by atoms with Crippen molar-refractivity contribution in [3.63, 3.8) is 0 Å². The van der Waals surface area contributed by atoms with Crippen molar-refractivity contribution in [3.05, 3.63) is 29.8 Å². The van der Waals surface area contributed by atoms with E-state index >= 15 is 0 Å². The van der Waals surface area contributed by atoms with Crippen LogP contribution in [-0.2, 0) is 6.54 Å². The third kappa shape index (κ3) is 3.22. The van der Waals surface area contributed by atoms with Crippen LogP contribution < -0.4 is 5.73 Å². The number of nitrogens with two attached hydrogens (primary N) is 1. The van der Waals surface area contributed by atoms with Crippen LogP contribution in [-0.4, -0.2) is 29.1 Å². The Morgan fingerprint density at radius 2 is 1.94 bits per heavy atom. The van der Waals surface area contributed by atoms with E-state index in [-0.39, 0.29) is 0 Å². The summed E-state index contributed by atoms with van der Waals surface area (Å²) in [4.78, 5) is 2.50. The van der Waals surface area contributed by atoms with Gasteiger partial charge in [0, 0.05) is 12.6 Å². The van der Waals surface area contributed by atoms with Gasteiger partial charge in [-0.15, -0.1) is 0 Å². The molecule has 0 radical (unpaired) electrons. The summed E-state index contributed by atoms with van der Waals surface area (Å²) >= 11 is 0. The van der Waals surface area contributed by atoms with Gasteiger partial charge in [0.1, 0.15) is 5.75 Å². The average molecular weight is 220 g/mol. The van der Waals surface area contributed by atoms with Crippen LogP contribution in [0.25, 0.3) is 0 Å². The van der Waals surface area contributed by atoms with Gasteiger partial charge in [0.05, 0.1) is 0 Å². The van der Waals surface area contributed by atoms with Crippen molar-refractivity contribution in [2.45, 2.75) is 31.8 Å². The van der Waals surface area contributed by atoms with Crippen LogP contribution in [0.1, 0.15) is 24.8 Å². The standard InChI is InChI=1S/C13H20N2O/c14-8-1-9-15(12-4-5-12)10-11-2-6-13(16)7-3-11/h2-3,6-7,12,16H,1,4-5,8-10,14H2. The molecular formula is C13H20N2O. The van der Waals surface area contributed by atoms with Crippen molar-refractivity contribution in [2.24, 2.45) is 5.73 Å². The zero-order valence-corrected chi connectivity index (χ0v) is 9.60. The van der Waals surface area contributed by atoms with Crippen LogP contribution in [0, 0.1) is 0 Å². The Morgan fingerprint density at radius 3 is 2.50 bits per heavy atom. The smallest absolute Gasteiger partial charge is 0.115 e. The molecule has 1 aliphatic carbocycles. The minimum absolute atomic E-state index is 0.337. The summed E-state index contributed by atoms with van der Waals surface area (Å²) in [5.41, 5.74) is 6.82. The van der Waals surface area contributed by atoms with Crippen molar-refractivity contribution in [1.29, 1.82) is 0 Å². The molecule has 1 aromatic carbocycles. The first-order valence-corrected chi connectivity index (χ1v) is 6.01. The first kappa shape index (κ1) is 11.4. The molecule has 2 rings (SSSR count). The van der Waals surface area contributed by atoms with Gasteiger partial charge in [0.2, 0.25) is 0 Å². The molecule has 0 spiro atoms. The number of phenolic OH excluding ortho intramolecular Hbond substituents is 1. The Bertz CT molecular complexity index is 319. The van der Waals surface area contributed by atoms with Crippen LogP contribution >= 0.6 is 0 Å². The van der Waals surface area contributed by atoms with Gasteiger partial charge in [0.15, 0.2) is 0 Å². The molecule has 0 aromatic heterocycles. The zero-order chi connectivity index (χ0) is 11.4. The number of aromatic hydroxyl groups is 1. The van der Waals surface area contributed by atoms with Crippen LogP contribution in [0.2, 0.25) is 0 Å². The maximum atomic E-state index is 9.22. The lowest BCUT2D eigenvalue weighted by atomic mass is 10.2. The molecule has 16 heavy (non-hydrogen) atoms. The van der Waals surface area contributed by atoms with E-state index in [0.29, 0.717) is 5.75 Å². The van der Waals surface area contributed by atoms with Crippen molar-refractivity contribution in [2.75, 3.05) is 13.1 Å². The first-order chi connectivity index (χ1) is 7.79. The van der Waals surface area contributed by atoms with Gasteiger partial charge >= 0.3 is 0 Å². The lowest BCUT2D eigenvalue weighted by molar-refractivity contribution is 0.253. The molecule has 0 atom stereocenters. The number of rotatable bonds is 6. The summed E-state index contributed by atoms with van der Waals surface area (Å²) in [5.74, 6) is 0.337. The minimum Gasteiger partial charge on any atom is -0.508 e. The minimum atomic E-state index is 0.337. The SMILES string of the molecule is NCCCN(Cc1ccc(O)cc1)C1CC1. The molecule has 0 unspecified atom stereocenters. The van der Waals surface area contributed by atoms with Crippen LogP contribution in [0.3, 0.4) is 0 Å². The van der Waals surface area contributed by atoms with Crippen molar-refractivity contribution in [1.82, 2.24) is 4.90 Å². The number of phenols is 1. The topological polar surface area (TPSA) is 49.5 Å². The maximum Gasteiger partial charge on any atom is 0.115 e. The maximum absolute atomic E-state index is 9.22. The van der Waals surface area contributed by atoms with Crippen molar-refractivity contribution >= 4 is 0 Å². The summed E-state index contributed by atoms with van der Waals surface area (Å²) in [6, 6.07) is 8.26. The lowest BCUT2D eigenvalue weighted by Crippen LogP contribution is -2.28. The molecule has 1 aromatic rings. The predicted molar refractivity (Wildman–Crippen MR) is 65.2 cm³/mol. The van der Waals surface area contributed by atoms with Gasteiger partial charge in [0.25, 0.3) is 0 Å². The van der Waals surface area contributed by atoms with Crippen LogP contribution in [0.5, 0.6) is 5.75 Å². The highest BCUT2D eigenvalue weighted by molar-refractivity contribution is 5.25. The highest BCUT2D eigenvalue weighted by Gasteiger charge is 2.28. The highest BCUT2D eigenvalue weighted by atomic mass is 16.3. The molecule has 0 aliphatic heterocycles. The number of hydrogen-bond acceptors (Lipinski definition) is 3. The fourth-order valence-electron chi connectivity index (χ4n) is 1.96. The van der Waals surface area contributed by atoms with E-state index < -0.39 is 0 Å². The van der Waals surface area contributed by atoms with Gasteiger partial charge in [-0.3, -0.25) is 4.90 Å². The molecule has 1 saturated carbocycles. The molecule has 0 heterocycles. The lowest BCUT2D eigenvalue weighted by Gasteiger charge is -2.21. The molecular weight excluding hydrogens is 200 g/mol. The third-order valence-corrected chi connectivity index (χ3v) is 3.03. The molecule has 1 aliphatic rings. The predicted octanol–water partition coefficient (Wildman–Crippen LogP) is 1.71. The van der Waals surface area contributed by atoms with E-state index in [0.717, 1.165) is 32.1 Å². The Morgan fingerprint density at radius 1 is 1.25 bits per heavy atom. The van der Waals surface area contributed by atoms with E-state index in [4.69, 9.17) is 5.73 Å². The molecule has 3 N–H and O–H groups in total. The van der Waals surface area contributed by atoms with Gasteiger partial charge < -0.3 is 10.8 Å². The first-order valence-electron chi connectivity index (χ1n) is 6.01. The summed E-state index contributed by atoms with van der Waals surface area (Å²) in [5, 5.41) is 9.22. The molecule has 0 amide bonds. The van der Waals surface area contributed by atoms with Gasteiger partial charge in [-0.25, -0.2) is 0 Å². The second-order valence-electron chi connectivity index (χ2n) is 4.51. The van der Waals surface area contributed by atoms with E-state index in [1.165, 1.54) is 18.4 Å². The Balaban J connectivity index is 1.91. The second-order valence-corrected chi connectivity index (χ2v) is 4.51. The molecule has 0 bridgehead atoms. The van der Waals surface area contributed by atoms with E-state index in [1.54, 1.807) is 12.1 Å². The summed E-state index contributed by atoms with van der Waals surface area (Å²) in [6.07, 6.45) is 3.71. The zero-order valence-electron chi connectivity index (χ0n) is 9.60. The van der Waals surface area contributed by atoms with Gasteiger partial charge in [-0.2, -0.15) is 0 Å². The summed E-state index contributed by atoms with van der Waals surface area (Å²) in [6.45, 7) is 2.83. The molecule has 0 saturated heterocycles. The Labute approximate surface area is 96.9 Å².